The third-order valence-electron chi connectivity index (χ3n) is 24.1. The highest BCUT2D eigenvalue weighted by Gasteiger charge is 2.37. The van der Waals surface area contributed by atoms with Crippen LogP contribution in [0.1, 0.15) is 151 Å². The second-order valence-electron chi connectivity index (χ2n) is 34.4. The lowest BCUT2D eigenvalue weighted by molar-refractivity contribution is -0.121. The van der Waals surface area contributed by atoms with E-state index in [-0.39, 0.29) is 294 Å². The Bertz CT molecular complexity index is 6180. The highest BCUT2D eigenvalue weighted by atomic mass is 19.2. The number of Topliss-reactive ketones (excluding diaryl/α,β-unsaturated/α-hetero) is 4. The largest absolute Gasteiger partial charge is 0.378 e. The average Bonchev–Trinajstić information content (AvgIpc) is 1.64. The van der Waals surface area contributed by atoms with Crippen LogP contribution in [-0.2, 0) is 138 Å². The summed E-state index contributed by atoms with van der Waals surface area (Å²) < 4.78 is 171. The zero-order chi connectivity index (χ0) is 108. The third-order valence-corrected chi connectivity index (χ3v) is 24.1. The molecule has 792 valence electrons. The predicted molar refractivity (Wildman–Crippen MR) is 511 cm³/mol. The van der Waals surface area contributed by atoms with Crippen LogP contribution in [0.5, 0.6) is 0 Å². The molecule has 149 heavy (non-hydrogen) atoms. The van der Waals surface area contributed by atoms with Gasteiger partial charge in [-0.25, -0.2) is 53.9 Å². The number of ketones is 4. The molecule has 4 aromatic carbocycles. The highest BCUT2D eigenvalue weighted by Crippen LogP contribution is 2.31. The van der Waals surface area contributed by atoms with E-state index in [1.54, 1.807) is 0 Å². The number of nitrogens with one attached hydrogen (secondary N) is 8. The first kappa shape index (κ1) is 112. The van der Waals surface area contributed by atoms with Gasteiger partial charge in [0.05, 0.1) is 211 Å². The van der Waals surface area contributed by atoms with Gasteiger partial charge in [-0.15, -0.1) is 20.4 Å². The van der Waals surface area contributed by atoms with E-state index in [0.29, 0.717) is 0 Å². The highest BCUT2D eigenvalue weighted by molar-refractivity contribution is 6.45. The minimum absolute atomic E-state index is 0.00300. The molecule has 0 bridgehead atoms. The van der Waals surface area contributed by atoms with Gasteiger partial charge in [-0.1, -0.05) is 20.9 Å². The van der Waals surface area contributed by atoms with Crippen LogP contribution in [0.25, 0.3) is 0 Å². The first-order valence-corrected chi connectivity index (χ1v) is 46.3. The lowest BCUT2D eigenvalue weighted by Crippen LogP contribution is -2.43. The van der Waals surface area contributed by atoms with E-state index >= 15 is 0 Å². The van der Waals surface area contributed by atoms with Crippen LogP contribution in [0.15, 0.2) is 97.6 Å². The molecule has 52 heteroatoms. The molecule has 0 aliphatic rings. The summed E-state index contributed by atoms with van der Waals surface area (Å²) in [7, 11) is 6.03. The van der Waals surface area contributed by atoms with Crippen molar-refractivity contribution in [3.05, 3.63) is 257 Å². The van der Waals surface area contributed by atoms with Crippen molar-refractivity contribution in [3.63, 3.8) is 0 Å². The van der Waals surface area contributed by atoms with Crippen LogP contribution >= 0.6 is 0 Å². The first-order valence-electron chi connectivity index (χ1n) is 46.3. The minimum Gasteiger partial charge on any atom is -0.378 e. The number of carbonyl (C=O) groups is 12. The monoisotopic (exact) mass is 2080 g/mol. The zero-order valence-electron chi connectivity index (χ0n) is 83.1. The van der Waals surface area contributed by atoms with Gasteiger partial charge in [-0.3, -0.25) is 57.5 Å². The van der Waals surface area contributed by atoms with Crippen molar-refractivity contribution in [2.24, 2.45) is 33.6 Å². The number of carbonyl (C=O) groups excluding carboxylic acids is 12. The van der Waals surface area contributed by atoms with E-state index in [1.165, 1.54) is 170 Å². The topological polar surface area (TPSA) is 517 Å². The molecule has 44 nitrogen and oxygen atoms in total. The first-order chi connectivity index (χ1) is 71.1. The Kier molecular flexibility index (Phi) is 38.6. The maximum atomic E-state index is 14.0. The third kappa shape index (κ3) is 28.5. The van der Waals surface area contributed by atoms with Gasteiger partial charge in [-0.2, -0.15) is 0 Å². The summed E-state index contributed by atoms with van der Waals surface area (Å²) in [6.07, 6.45) is 6.12. The van der Waals surface area contributed by atoms with Gasteiger partial charge >= 0.3 is 0 Å². The number of amides is 8. The van der Waals surface area contributed by atoms with Crippen molar-refractivity contribution < 1.29 is 131 Å². The molecule has 8 N–H and O–H groups in total. The molecule has 0 saturated heterocycles. The number of aromatic nitrogens is 16. The zero-order valence-corrected chi connectivity index (χ0v) is 83.1. The molecule has 12 aromatic rings. The van der Waals surface area contributed by atoms with Crippen molar-refractivity contribution in [1.29, 1.82) is 0 Å². The number of ether oxygens (including phenoxy) is 8. The second-order valence-corrected chi connectivity index (χ2v) is 34.4. The number of halogens is 8. The molecular formula is C97H108F8N24O20. The second kappa shape index (κ2) is 51.4. The predicted octanol–water partition coefficient (Wildman–Crippen LogP) is 7.21. The van der Waals surface area contributed by atoms with Gasteiger partial charge in [-0.05, 0) is 126 Å². The molecular weight excluding hydrogens is 1970 g/mol. The standard InChI is InChI=1S/C97H108F8N24O20/c1-53-77(57(5)122(9)81(53)89(134)110-61-13-17-69(98)73(102)37-61)85(130)93(138)106-41-65-45-126(118-114-65)21-25-142-29-33-146-49-97(50-147-34-30-143-26-22-127-46-66(115-119-127)42-107-94(139)86(131)78-54(2)82(123(10)58(78)6)90(135)111-62-14-18-70(99)74(103)38-62,51-148-35-31-144-27-23-128-47-67(116-120-128)43-108-95(140)87(132)79-55(3)83(124(11)59(79)7)91(136)112-63-15-19-71(100)75(104)39-63)52-149-36-32-145-28-24-129-48-68(117-121-129)44-109-96(141)88(133)80-56(4)84(125(12)60(80)8)92(137)113-64-16-20-72(101)76(105)40-64/h13-20,37-40,45-48H,21-36,41-44,49-52H2,1-12H3,(H,106,138)(H,107,139)(H,108,140)(H,109,141)(H,110,134)(H,111,135)(H,112,136)(H,113,137). The molecule has 0 aliphatic heterocycles. The van der Waals surface area contributed by atoms with Crippen molar-refractivity contribution in [2.45, 2.75) is 108 Å². The van der Waals surface area contributed by atoms with E-state index < -0.39 is 122 Å². The number of rotatable bonds is 56. The van der Waals surface area contributed by atoms with Gasteiger partial charge in [0.2, 0.25) is 0 Å². The Balaban J connectivity index is 0.655. The summed E-state index contributed by atoms with van der Waals surface area (Å²) in [6, 6.07) is 11.3. The number of hydrogen-bond acceptors (Lipinski definition) is 28. The molecule has 8 heterocycles. The summed E-state index contributed by atoms with van der Waals surface area (Å²) in [5.74, 6) is -20.0. The van der Waals surface area contributed by atoms with Gasteiger partial charge in [0, 0.05) is 98.0 Å². The van der Waals surface area contributed by atoms with Crippen LogP contribution in [0.2, 0.25) is 0 Å². The quantitative estimate of drug-likeness (QED) is 0.00807. The van der Waals surface area contributed by atoms with Crippen molar-refractivity contribution in [1.82, 2.24) is 99.5 Å². The van der Waals surface area contributed by atoms with E-state index in [4.69, 9.17) is 37.9 Å². The Morgan fingerprint density at radius 1 is 0.275 bits per heavy atom. The molecule has 0 aliphatic carbocycles. The summed E-state index contributed by atoms with van der Waals surface area (Å²) in [4.78, 5) is 161. The number of anilines is 4. The van der Waals surface area contributed by atoms with Crippen molar-refractivity contribution >= 4 is 93.1 Å². The fourth-order valence-electron chi connectivity index (χ4n) is 16.1. The fourth-order valence-corrected chi connectivity index (χ4v) is 16.1. The molecule has 0 atom stereocenters. The lowest BCUT2D eigenvalue weighted by Gasteiger charge is -2.33. The van der Waals surface area contributed by atoms with Gasteiger partial charge in [0.25, 0.3) is 70.4 Å². The molecule has 0 unspecified atom stereocenters. The summed E-state index contributed by atoms with van der Waals surface area (Å²) >= 11 is 0. The van der Waals surface area contributed by atoms with E-state index in [0.717, 1.165) is 48.5 Å². The van der Waals surface area contributed by atoms with Crippen LogP contribution in [-0.4, -0.2) is 254 Å². The smallest absolute Gasteiger partial charge is 0.292 e. The SMILES string of the molecule is Cc1c(C(=O)C(=O)NCc2cn(CCOCCOCC(COCCOCCn3cc(CNC(=O)C(=O)c4c(C)c(C(=O)Nc5ccc(F)c(F)c5)n(C)c4C)nn3)(COCCOCCn3cc(CNC(=O)C(=O)c4c(C)c(C(=O)Nc5ccc(F)c(F)c5)n(C)c4C)nn3)COCCOCCn3cc(CNC(=O)C(=O)c4c(C)c(C(=O)Nc5ccc(F)c(F)c5)n(C)c4C)nn3)nn2)c(C)n(C)c1C(=O)Nc1ccc(F)c(F)c1. The normalized spacial score (nSPS) is 11.5. The van der Waals surface area contributed by atoms with E-state index in [9.17, 15) is 92.7 Å². The summed E-state index contributed by atoms with van der Waals surface area (Å²) in [6.45, 7) is 12.3. The Morgan fingerprint density at radius 2 is 0.470 bits per heavy atom. The van der Waals surface area contributed by atoms with Crippen molar-refractivity contribution in [2.75, 3.05) is 127 Å². The fraction of sp³-hybridized carbons (Fsp3) is 0.381. The molecule has 0 fully saturated rings. The number of hydrogen-bond donors (Lipinski definition) is 8. The van der Waals surface area contributed by atoms with Crippen LogP contribution < -0.4 is 42.5 Å². The van der Waals surface area contributed by atoms with Crippen LogP contribution in [0.3, 0.4) is 0 Å². The molecule has 12 rings (SSSR count). The minimum atomic E-state index is -1.19. The number of benzene rings is 4. The summed E-state index contributed by atoms with van der Waals surface area (Å²) in [5, 5.41) is 53.0. The van der Waals surface area contributed by atoms with E-state index in [1.807, 2.05) is 0 Å². The molecule has 0 saturated carbocycles. The lowest BCUT2D eigenvalue weighted by atomic mass is 9.92. The van der Waals surface area contributed by atoms with E-state index in [2.05, 4.69) is 83.8 Å². The van der Waals surface area contributed by atoms with Crippen LogP contribution in [0.4, 0.5) is 57.9 Å². The Labute approximate surface area is 844 Å². The Hall–Kier alpha value is -15.9. The van der Waals surface area contributed by atoms with Gasteiger partial charge in [0.15, 0.2) is 46.5 Å². The molecule has 8 amide bonds. The number of nitrogens with zero attached hydrogens (tertiary/aromatic N) is 16. The molecule has 0 radical (unpaired) electrons. The maximum absolute atomic E-state index is 14.0. The molecule has 0 spiro atoms. The summed E-state index contributed by atoms with van der Waals surface area (Å²) in [5.41, 5.74) is 1.52. The average molecular weight is 2080 g/mol. The van der Waals surface area contributed by atoms with Gasteiger partial charge in [0.1, 0.15) is 45.6 Å². The van der Waals surface area contributed by atoms with Crippen molar-refractivity contribution in [3.8, 4) is 0 Å². The Morgan fingerprint density at radius 3 is 0.664 bits per heavy atom. The van der Waals surface area contributed by atoms with Gasteiger partial charge < -0.3 is 98.7 Å². The van der Waals surface area contributed by atoms with Crippen LogP contribution in [0, 0.1) is 107 Å². The maximum Gasteiger partial charge on any atom is 0.292 e. The molecule has 8 aromatic heterocycles.